The van der Waals surface area contributed by atoms with Crippen LogP contribution in [0.1, 0.15) is 36.2 Å². The second-order valence-corrected chi connectivity index (χ2v) is 6.98. The van der Waals surface area contributed by atoms with E-state index in [4.69, 9.17) is 9.47 Å². The zero-order valence-electron chi connectivity index (χ0n) is 16.5. The molecule has 6 nitrogen and oxygen atoms in total. The van der Waals surface area contributed by atoms with Crippen LogP contribution in [-0.2, 0) is 16.0 Å². The molecule has 0 aliphatic heterocycles. The van der Waals surface area contributed by atoms with Gasteiger partial charge in [0.15, 0.2) is 0 Å². The van der Waals surface area contributed by atoms with Crippen LogP contribution < -0.4 is 10.1 Å². The topological polar surface area (TPSA) is 84.9 Å². The number of hydrogen-bond donors (Lipinski definition) is 2. The van der Waals surface area contributed by atoms with Gasteiger partial charge in [-0.25, -0.2) is 4.79 Å². The van der Waals surface area contributed by atoms with Crippen molar-refractivity contribution in [3.8, 4) is 11.5 Å². The van der Waals surface area contributed by atoms with E-state index in [1.54, 1.807) is 36.4 Å². The third kappa shape index (κ3) is 6.61. The number of phenols is 1. The monoisotopic (exact) mass is 385 g/mol. The molecule has 0 saturated heterocycles. The van der Waals surface area contributed by atoms with E-state index < -0.39 is 12.0 Å². The van der Waals surface area contributed by atoms with E-state index in [0.717, 1.165) is 12.0 Å². The number of methoxy groups -OCH3 is 1. The predicted octanol–water partition coefficient (Wildman–Crippen LogP) is 3.33. The van der Waals surface area contributed by atoms with Crippen LogP contribution in [0.2, 0.25) is 0 Å². The summed E-state index contributed by atoms with van der Waals surface area (Å²) in [4.78, 5) is 24.6. The molecule has 0 saturated carbocycles. The van der Waals surface area contributed by atoms with Crippen LogP contribution >= 0.6 is 0 Å². The summed E-state index contributed by atoms with van der Waals surface area (Å²) < 4.78 is 10.5. The molecular formula is C22H27NO5. The zero-order valence-corrected chi connectivity index (χ0v) is 16.5. The Morgan fingerprint density at radius 2 is 1.68 bits per heavy atom. The lowest BCUT2D eigenvalue weighted by Gasteiger charge is -2.17. The number of amides is 1. The van der Waals surface area contributed by atoms with E-state index in [9.17, 15) is 14.7 Å². The quantitative estimate of drug-likeness (QED) is 0.647. The van der Waals surface area contributed by atoms with Crippen molar-refractivity contribution < 1.29 is 24.2 Å². The van der Waals surface area contributed by atoms with Crippen molar-refractivity contribution in [3.63, 3.8) is 0 Å². The highest BCUT2D eigenvalue weighted by Gasteiger charge is 2.22. The first-order valence-corrected chi connectivity index (χ1v) is 9.28. The van der Waals surface area contributed by atoms with E-state index in [0.29, 0.717) is 23.8 Å². The number of ether oxygens (including phenoxy) is 2. The second kappa shape index (κ2) is 10.3. The summed E-state index contributed by atoms with van der Waals surface area (Å²) >= 11 is 0. The van der Waals surface area contributed by atoms with Crippen LogP contribution in [0.15, 0.2) is 48.5 Å². The van der Waals surface area contributed by atoms with E-state index >= 15 is 0 Å². The molecule has 1 atom stereocenters. The van der Waals surface area contributed by atoms with Crippen molar-refractivity contribution in [2.24, 2.45) is 5.92 Å². The summed E-state index contributed by atoms with van der Waals surface area (Å²) in [5.41, 5.74) is 1.22. The molecule has 0 aliphatic rings. The molecule has 28 heavy (non-hydrogen) atoms. The Bertz CT molecular complexity index is 769. The molecule has 6 heteroatoms. The van der Waals surface area contributed by atoms with Crippen LogP contribution in [0.4, 0.5) is 0 Å². The molecule has 0 heterocycles. The molecule has 0 aliphatic carbocycles. The highest BCUT2D eigenvalue weighted by Crippen LogP contribution is 2.15. The molecule has 150 valence electrons. The Labute approximate surface area is 165 Å². The first-order valence-electron chi connectivity index (χ1n) is 9.28. The lowest BCUT2D eigenvalue weighted by Crippen LogP contribution is -2.43. The number of nitrogens with one attached hydrogen (secondary N) is 1. The van der Waals surface area contributed by atoms with Gasteiger partial charge in [-0.05, 0) is 54.3 Å². The van der Waals surface area contributed by atoms with E-state index in [-0.39, 0.29) is 18.1 Å². The van der Waals surface area contributed by atoms with Crippen molar-refractivity contribution >= 4 is 11.9 Å². The summed E-state index contributed by atoms with van der Waals surface area (Å²) in [6.45, 7) is 4.89. The minimum Gasteiger partial charge on any atom is -0.508 e. The highest BCUT2D eigenvalue weighted by molar-refractivity contribution is 5.96. The first kappa shape index (κ1) is 21.3. The van der Waals surface area contributed by atoms with Gasteiger partial charge in [0.25, 0.3) is 5.91 Å². The SMILES string of the molecule is COC(=O)C(Cc1ccc(O)cc1)NC(=O)c1ccc(OCCC(C)C)cc1. The van der Waals surface area contributed by atoms with Crippen molar-refractivity contribution in [1.82, 2.24) is 5.32 Å². The van der Waals surface area contributed by atoms with Crippen LogP contribution in [0.3, 0.4) is 0 Å². The summed E-state index contributed by atoms with van der Waals surface area (Å²) in [5.74, 6) is 0.496. The van der Waals surface area contributed by atoms with Gasteiger partial charge in [0.2, 0.25) is 0 Å². The lowest BCUT2D eigenvalue weighted by molar-refractivity contribution is -0.142. The fourth-order valence-corrected chi connectivity index (χ4v) is 2.56. The number of rotatable bonds is 9. The summed E-state index contributed by atoms with van der Waals surface area (Å²) in [7, 11) is 1.28. The fraction of sp³-hybridized carbons (Fsp3) is 0.364. The van der Waals surface area contributed by atoms with Gasteiger partial charge in [-0.3, -0.25) is 4.79 Å². The maximum atomic E-state index is 12.5. The molecule has 0 fully saturated rings. The number of phenolic OH excluding ortho intramolecular Hbond substituents is 1. The number of aromatic hydroxyl groups is 1. The molecule has 0 aromatic heterocycles. The first-order chi connectivity index (χ1) is 13.4. The van der Waals surface area contributed by atoms with E-state index in [1.807, 2.05) is 0 Å². The Morgan fingerprint density at radius 1 is 1.04 bits per heavy atom. The molecule has 2 N–H and O–H groups in total. The Balaban J connectivity index is 2.00. The number of esters is 1. The number of carbonyl (C=O) groups excluding carboxylic acids is 2. The smallest absolute Gasteiger partial charge is 0.328 e. The molecule has 1 amide bonds. The van der Waals surface area contributed by atoms with Gasteiger partial charge >= 0.3 is 5.97 Å². The van der Waals surface area contributed by atoms with Gasteiger partial charge in [0.05, 0.1) is 13.7 Å². The standard InChI is InChI=1S/C22H27NO5/c1-15(2)12-13-28-19-10-6-17(7-11-19)21(25)23-20(22(26)27-3)14-16-4-8-18(24)9-5-16/h4-11,15,20,24H,12-14H2,1-3H3,(H,23,25). The lowest BCUT2D eigenvalue weighted by atomic mass is 10.1. The highest BCUT2D eigenvalue weighted by atomic mass is 16.5. The van der Waals surface area contributed by atoms with Crippen molar-refractivity contribution in [2.45, 2.75) is 32.7 Å². The average Bonchev–Trinajstić information content (AvgIpc) is 2.68. The van der Waals surface area contributed by atoms with Gasteiger partial charge in [-0.2, -0.15) is 0 Å². The van der Waals surface area contributed by atoms with Gasteiger partial charge in [-0.15, -0.1) is 0 Å². The van der Waals surface area contributed by atoms with Gasteiger partial charge < -0.3 is 19.9 Å². The number of carbonyl (C=O) groups is 2. The Morgan fingerprint density at radius 3 is 2.25 bits per heavy atom. The third-order valence-corrected chi connectivity index (χ3v) is 4.25. The number of hydrogen-bond acceptors (Lipinski definition) is 5. The normalized spacial score (nSPS) is 11.7. The maximum absolute atomic E-state index is 12.5. The molecule has 2 aromatic carbocycles. The van der Waals surface area contributed by atoms with Crippen LogP contribution in [0.25, 0.3) is 0 Å². The Kier molecular flexibility index (Phi) is 7.87. The predicted molar refractivity (Wildman–Crippen MR) is 106 cm³/mol. The molecule has 0 radical (unpaired) electrons. The molecule has 2 aromatic rings. The van der Waals surface area contributed by atoms with Gasteiger partial charge in [0.1, 0.15) is 17.5 Å². The second-order valence-electron chi connectivity index (χ2n) is 6.98. The van der Waals surface area contributed by atoms with E-state index in [1.165, 1.54) is 19.2 Å². The van der Waals surface area contributed by atoms with Crippen LogP contribution in [0.5, 0.6) is 11.5 Å². The largest absolute Gasteiger partial charge is 0.508 e. The van der Waals surface area contributed by atoms with Gasteiger partial charge in [-0.1, -0.05) is 26.0 Å². The molecule has 1 unspecified atom stereocenters. The third-order valence-electron chi connectivity index (χ3n) is 4.25. The Hall–Kier alpha value is -3.02. The summed E-state index contributed by atoms with van der Waals surface area (Å²) in [5, 5.41) is 12.1. The molecule has 0 spiro atoms. The molecule has 0 bridgehead atoms. The van der Waals surface area contributed by atoms with Crippen molar-refractivity contribution in [2.75, 3.05) is 13.7 Å². The molecular weight excluding hydrogens is 358 g/mol. The van der Waals surface area contributed by atoms with Crippen LogP contribution in [0, 0.1) is 5.92 Å². The van der Waals surface area contributed by atoms with Gasteiger partial charge in [0, 0.05) is 12.0 Å². The summed E-state index contributed by atoms with van der Waals surface area (Å²) in [6, 6.07) is 12.4. The zero-order chi connectivity index (χ0) is 20.5. The molecule has 2 rings (SSSR count). The van der Waals surface area contributed by atoms with Crippen molar-refractivity contribution in [1.29, 1.82) is 0 Å². The van der Waals surface area contributed by atoms with Crippen LogP contribution in [-0.4, -0.2) is 36.7 Å². The summed E-state index contributed by atoms with van der Waals surface area (Å²) in [6.07, 6.45) is 1.22. The maximum Gasteiger partial charge on any atom is 0.328 e. The van der Waals surface area contributed by atoms with E-state index in [2.05, 4.69) is 19.2 Å². The average molecular weight is 385 g/mol. The minimum absolute atomic E-state index is 0.137. The number of benzene rings is 2. The van der Waals surface area contributed by atoms with Crippen molar-refractivity contribution in [3.05, 3.63) is 59.7 Å². The minimum atomic E-state index is -0.830. The fourth-order valence-electron chi connectivity index (χ4n) is 2.56.